The van der Waals surface area contributed by atoms with E-state index < -0.39 is 23.9 Å². The van der Waals surface area contributed by atoms with Gasteiger partial charge in [0.1, 0.15) is 11.3 Å². The van der Waals surface area contributed by atoms with Crippen molar-refractivity contribution < 1.29 is 35.6 Å². The molecule has 2 heterocycles. The van der Waals surface area contributed by atoms with Gasteiger partial charge in [-0.1, -0.05) is 16.6 Å². The van der Waals surface area contributed by atoms with Gasteiger partial charge < -0.3 is 14.2 Å². The molecular weight excluding hydrogens is 452 g/mol. The second-order valence-electron chi connectivity index (χ2n) is 7.58. The maximum absolute atomic E-state index is 13.9. The fourth-order valence-electron chi connectivity index (χ4n) is 3.80. The van der Waals surface area contributed by atoms with Gasteiger partial charge in [0.15, 0.2) is 0 Å². The highest BCUT2D eigenvalue weighted by atomic mass is 19.4. The zero-order valence-electron chi connectivity index (χ0n) is 17.2. The Hall–Kier alpha value is -3.42. The number of benzene rings is 1. The molecule has 5 nitrogen and oxygen atoms in total. The van der Waals surface area contributed by atoms with E-state index in [1.54, 1.807) is 4.90 Å². The van der Waals surface area contributed by atoms with Crippen LogP contribution in [0.5, 0.6) is 0 Å². The Kier molecular flexibility index (Phi) is 5.86. The van der Waals surface area contributed by atoms with E-state index in [1.807, 2.05) is 6.92 Å². The van der Waals surface area contributed by atoms with Crippen molar-refractivity contribution >= 4 is 11.3 Å². The lowest BCUT2D eigenvalue weighted by molar-refractivity contribution is -0.302. The molecule has 1 atom stereocenters. The Morgan fingerprint density at radius 3 is 2.64 bits per heavy atom. The number of aromatic nitrogens is 2. The third-order valence-corrected chi connectivity index (χ3v) is 5.30. The molecule has 1 aliphatic carbocycles. The average Bonchev–Trinajstić information content (AvgIpc) is 3.22. The van der Waals surface area contributed by atoms with Crippen LogP contribution in [0.25, 0.3) is 17.0 Å². The average molecular weight is 469 g/mol. The number of rotatable bonds is 4. The molecule has 174 valence electrons. The first-order valence-corrected chi connectivity index (χ1v) is 10.0. The summed E-state index contributed by atoms with van der Waals surface area (Å²) < 4.78 is 88.6. The maximum atomic E-state index is 13.9. The Morgan fingerprint density at radius 1 is 1.15 bits per heavy atom. The highest BCUT2D eigenvalue weighted by Gasteiger charge is 2.37. The van der Waals surface area contributed by atoms with Gasteiger partial charge in [0.05, 0.1) is 5.56 Å². The molecule has 1 fully saturated rings. The highest BCUT2D eigenvalue weighted by molar-refractivity contribution is 5.75. The van der Waals surface area contributed by atoms with Crippen LogP contribution in [0, 0.1) is 0 Å². The third-order valence-electron chi connectivity index (χ3n) is 5.30. The standard InChI is InChI=1S/C22H17F6N3O2/c1-13-6-4-5-11-31(13)17-10-9-14(12-16(17)21(23,24)25)20-29-19(30-33-20)15-7-2-3-8-18(15)32-22(26,27)28/h3,8-10,12-13H,4-6,11H2,1H3. The summed E-state index contributed by atoms with van der Waals surface area (Å²) in [5, 5.41) is 3.59. The minimum atomic E-state index is -4.97. The number of piperidine rings is 1. The predicted molar refractivity (Wildman–Crippen MR) is 106 cm³/mol. The molecule has 0 N–H and O–H groups in total. The number of anilines is 1. The van der Waals surface area contributed by atoms with Gasteiger partial charge in [-0.25, -0.2) is 0 Å². The summed E-state index contributed by atoms with van der Waals surface area (Å²) in [5.74, 6) is -1.26. The van der Waals surface area contributed by atoms with Crippen molar-refractivity contribution in [1.29, 1.82) is 0 Å². The van der Waals surface area contributed by atoms with Gasteiger partial charge in [-0.2, -0.15) is 18.2 Å². The van der Waals surface area contributed by atoms with Crippen LogP contribution in [0.2, 0.25) is 0 Å². The fourth-order valence-corrected chi connectivity index (χ4v) is 3.80. The zero-order valence-corrected chi connectivity index (χ0v) is 17.2. The molecule has 1 aromatic carbocycles. The van der Waals surface area contributed by atoms with E-state index in [4.69, 9.17) is 4.52 Å². The fraction of sp³-hybridized carbons (Fsp3) is 0.364. The van der Waals surface area contributed by atoms with Crippen LogP contribution < -0.4 is 4.90 Å². The van der Waals surface area contributed by atoms with Gasteiger partial charge in [0, 0.05) is 23.8 Å². The first kappa shape index (κ1) is 22.8. The van der Waals surface area contributed by atoms with Crippen LogP contribution in [0.1, 0.15) is 37.6 Å². The monoisotopic (exact) mass is 469 g/mol. The molecule has 33 heavy (non-hydrogen) atoms. The van der Waals surface area contributed by atoms with Crippen molar-refractivity contribution in [2.75, 3.05) is 11.4 Å². The van der Waals surface area contributed by atoms with Crippen molar-refractivity contribution in [3.05, 3.63) is 59.0 Å². The van der Waals surface area contributed by atoms with Gasteiger partial charge in [0.2, 0.25) is 5.82 Å². The minimum absolute atomic E-state index is 0.0207. The number of ether oxygens (including phenoxy) is 1. The molecule has 0 bridgehead atoms. The van der Waals surface area contributed by atoms with E-state index >= 15 is 0 Å². The normalized spacial score (nSPS) is 18.9. The number of alkyl halides is 6. The molecule has 0 saturated carbocycles. The molecule has 1 saturated heterocycles. The number of hydrogen-bond acceptors (Lipinski definition) is 5. The van der Waals surface area contributed by atoms with E-state index in [1.165, 1.54) is 12.1 Å². The molecule has 1 unspecified atom stereocenters. The predicted octanol–water partition coefficient (Wildman–Crippen LogP) is 6.26. The summed E-state index contributed by atoms with van der Waals surface area (Å²) in [6.07, 6.45) is -4.92. The Balaban J connectivity index is 1.69. The summed E-state index contributed by atoms with van der Waals surface area (Å²) in [6.45, 7) is 2.39. The molecule has 4 rings (SSSR count). The second kappa shape index (κ2) is 8.50. The van der Waals surface area contributed by atoms with Crippen molar-refractivity contribution in [1.82, 2.24) is 10.1 Å². The summed E-state index contributed by atoms with van der Waals surface area (Å²) in [5.41, 5.74) is 3.77. The van der Waals surface area contributed by atoms with Crippen LogP contribution in [-0.2, 0) is 10.9 Å². The maximum Gasteiger partial charge on any atom is 0.573 e. The number of hydrogen-bond donors (Lipinski definition) is 0. The minimum Gasteiger partial charge on any atom is -0.404 e. The summed E-state index contributed by atoms with van der Waals surface area (Å²) in [7, 11) is 0. The highest BCUT2D eigenvalue weighted by Crippen LogP contribution is 2.41. The lowest BCUT2D eigenvalue weighted by atomic mass is 9.99. The van der Waals surface area contributed by atoms with E-state index in [0.29, 0.717) is 6.54 Å². The summed E-state index contributed by atoms with van der Waals surface area (Å²) in [4.78, 5) is 5.69. The molecular formula is C22H17F6N3O2. The van der Waals surface area contributed by atoms with Crippen molar-refractivity contribution in [2.45, 2.75) is 44.8 Å². The van der Waals surface area contributed by atoms with Crippen LogP contribution in [-0.4, -0.2) is 29.1 Å². The second-order valence-corrected chi connectivity index (χ2v) is 7.58. The van der Waals surface area contributed by atoms with Crippen LogP contribution in [0.15, 0.2) is 52.1 Å². The number of halogens is 6. The van der Waals surface area contributed by atoms with Gasteiger partial charge >= 0.3 is 12.5 Å². The lowest BCUT2D eigenvalue weighted by Crippen LogP contribution is -2.38. The Morgan fingerprint density at radius 2 is 1.94 bits per heavy atom. The molecule has 0 radical (unpaired) electrons. The van der Waals surface area contributed by atoms with Crippen molar-refractivity contribution in [2.24, 2.45) is 0 Å². The summed E-state index contributed by atoms with van der Waals surface area (Å²) in [6, 6.07) is 3.63. The molecule has 2 aliphatic rings. The number of allylic oxidation sites excluding steroid dienone is 3. The van der Waals surface area contributed by atoms with Gasteiger partial charge in [0.25, 0.3) is 5.89 Å². The largest absolute Gasteiger partial charge is 0.573 e. The quantitative estimate of drug-likeness (QED) is 0.391. The first-order valence-electron chi connectivity index (χ1n) is 10.0. The summed E-state index contributed by atoms with van der Waals surface area (Å²) >= 11 is 0. The van der Waals surface area contributed by atoms with Crippen molar-refractivity contribution in [3.63, 3.8) is 0 Å². The molecule has 0 spiro atoms. The van der Waals surface area contributed by atoms with E-state index in [9.17, 15) is 26.3 Å². The third kappa shape index (κ3) is 4.99. The van der Waals surface area contributed by atoms with Crippen molar-refractivity contribution in [3.8, 4) is 11.5 Å². The van der Waals surface area contributed by atoms with E-state index in [0.717, 1.165) is 37.5 Å². The van der Waals surface area contributed by atoms with E-state index in [2.05, 4.69) is 26.3 Å². The van der Waals surface area contributed by atoms with Gasteiger partial charge in [-0.15, -0.1) is 13.2 Å². The van der Waals surface area contributed by atoms with Crippen LogP contribution in [0.4, 0.5) is 32.0 Å². The van der Waals surface area contributed by atoms with Crippen LogP contribution >= 0.6 is 0 Å². The van der Waals surface area contributed by atoms with Gasteiger partial charge in [-0.3, -0.25) is 0 Å². The lowest BCUT2D eigenvalue weighted by Gasteiger charge is -2.37. The molecule has 11 heteroatoms. The zero-order chi connectivity index (χ0) is 23.8. The van der Waals surface area contributed by atoms with Gasteiger partial charge in [-0.05, 0) is 56.5 Å². The SMILES string of the molecule is CC1CCCCN1c1ccc(-c2nc(C3=C=C=CC=C3OC(F)(F)F)no2)cc1C(F)(F)F. The molecule has 2 aromatic rings. The Labute approximate surface area is 184 Å². The Bertz CT molecular complexity index is 1180. The molecule has 1 aromatic heterocycles. The van der Waals surface area contributed by atoms with Crippen LogP contribution in [0.3, 0.4) is 0 Å². The van der Waals surface area contributed by atoms with E-state index in [-0.39, 0.29) is 34.6 Å². The molecule has 1 aliphatic heterocycles. The smallest absolute Gasteiger partial charge is 0.404 e. The topological polar surface area (TPSA) is 51.4 Å². The molecule has 0 amide bonds. The number of nitrogens with zero attached hydrogens (tertiary/aromatic N) is 3. The first-order chi connectivity index (χ1) is 15.5.